The van der Waals surface area contributed by atoms with Crippen molar-refractivity contribution < 1.29 is 14.4 Å². The molecule has 0 spiro atoms. The van der Waals surface area contributed by atoms with E-state index in [0.717, 1.165) is 5.92 Å². The van der Waals surface area contributed by atoms with Crippen molar-refractivity contribution in [2.45, 2.75) is 39.5 Å². The van der Waals surface area contributed by atoms with E-state index >= 15 is 0 Å². The molecule has 0 aromatic carbocycles. The van der Waals surface area contributed by atoms with Gasteiger partial charge in [-0.05, 0) is 26.4 Å². The van der Waals surface area contributed by atoms with Gasteiger partial charge in [-0.25, -0.2) is 0 Å². The highest BCUT2D eigenvalue weighted by atomic mass is 31.1. The van der Waals surface area contributed by atoms with Crippen molar-refractivity contribution in [3.63, 3.8) is 0 Å². The van der Waals surface area contributed by atoms with Gasteiger partial charge in [-0.15, -0.1) is 9.79 Å². The SMILES string of the molecule is CCCCC(CC)CN(C)C.O=[P+](O)O. The van der Waals surface area contributed by atoms with Crippen LogP contribution in [0.25, 0.3) is 0 Å². The molecule has 0 bridgehead atoms. The van der Waals surface area contributed by atoms with E-state index in [9.17, 15) is 0 Å². The fourth-order valence-electron chi connectivity index (χ4n) is 1.43. The summed E-state index contributed by atoms with van der Waals surface area (Å²) in [6.07, 6.45) is 5.47. The Hall–Kier alpha value is -0.0200. The molecular formula is C10H25NO3P+. The van der Waals surface area contributed by atoms with Gasteiger partial charge in [0.25, 0.3) is 0 Å². The molecule has 0 saturated carbocycles. The van der Waals surface area contributed by atoms with Crippen LogP contribution in [-0.2, 0) is 4.57 Å². The molecule has 0 heterocycles. The standard InChI is InChI=1S/C10H23N.HO3P/c1-5-7-8-10(6-2)9-11(3)4;1-4(2)3/h10H,5-9H2,1-4H3;(H-,1,2,3)/p+1. The largest absolute Gasteiger partial charge is 0.692 e. The predicted molar refractivity (Wildman–Crippen MR) is 63.9 cm³/mol. The topological polar surface area (TPSA) is 60.8 Å². The lowest BCUT2D eigenvalue weighted by atomic mass is 9.99. The van der Waals surface area contributed by atoms with Crippen LogP contribution in [0.2, 0.25) is 0 Å². The fourth-order valence-corrected chi connectivity index (χ4v) is 1.43. The maximum absolute atomic E-state index is 8.70. The summed E-state index contributed by atoms with van der Waals surface area (Å²) in [5.74, 6) is 0.921. The smallest absolute Gasteiger partial charge is 0.309 e. The summed E-state index contributed by atoms with van der Waals surface area (Å²) in [4.78, 5) is 16.5. The first-order valence-electron chi connectivity index (χ1n) is 5.43. The molecule has 5 heteroatoms. The Bertz CT molecular complexity index is 150. The van der Waals surface area contributed by atoms with Gasteiger partial charge in [0, 0.05) is 11.1 Å². The van der Waals surface area contributed by atoms with Crippen molar-refractivity contribution >= 4 is 8.25 Å². The van der Waals surface area contributed by atoms with E-state index in [1.165, 1.54) is 32.2 Å². The average molecular weight is 238 g/mol. The van der Waals surface area contributed by atoms with Crippen molar-refractivity contribution in [2.24, 2.45) is 5.92 Å². The molecule has 0 aromatic rings. The lowest BCUT2D eigenvalue weighted by Crippen LogP contribution is -2.21. The summed E-state index contributed by atoms with van der Waals surface area (Å²) >= 11 is 0. The molecule has 1 unspecified atom stereocenters. The molecule has 92 valence electrons. The van der Waals surface area contributed by atoms with Crippen molar-refractivity contribution in [3.05, 3.63) is 0 Å². The monoisotopic (exact) mass is 238 g/mol. The lowest BCUT2D eigenvalue weighted by molar-refractivity contribution is 0.301. The molecule has 4 nitrogen and oxygen atoms in total. The third kappa shape index (κ3) is 20.1. The molecule has 2 N–H and O–H groups in total. The van der Waals surface area contributed by atoms with Crippen molar-refractivity contribution in [1.82, 2.24) is 4.90 Å². The summed E-state index contributed by atoms with van der Waals surface area (Å²) in [5, 5.41) is 0. The first-order chi connectivity index (χ1) is 6.93. The third-order valence-corrected chi connectivity index (χ3v) is 2.17. The first kappa shape index (κ1) is 17.4. The Morgan fingerprint density at radius 1 is 1.27 bits per heavy atom. The summed E-state index contributed by atoms with van der Waals surface area (Å²) < 4.78 is 8.70. The molecule has 0 aromatic heterocycles. The normalized spacial score (nSPS) is 11.9. The minimum Gasteiger partial charge on any atom is -0.309 e. The van der Waals surface area contributed by atoms with E-state index in [1.54, 1.807) is 0 Å². The minimum atomic E-state index is -2.87. The quantitative estimate of drug-likeness (QED) is 0.697. The van der Waals surface area contributed by atoms with Crippen LogP contribution in [0.3, 0.4) is 0 Å². The van der Waals surface area contributed by atoms with E-state index in [-0.39, 0.29) is 0 Å². The van der Waals surface area contributed by atoms with Crippen LogP contribution in [0.4, 0.5) is 0 Å². The summed E-state index contributed by atoms with van der Waals surface area (Å²) in [5.41, 5.74) is 0. The van der Waals surface area contributed by atoms with Crippen LogP contribution in [0.5, 0.6) is 0 Å². The molecule has 0 radical (unpaired) electrons. The van der Waals surface area contributed by atoms with Crippen molar-refractivity contribution in [3.8, 4) is 0 Å². The van der Waals surface area contributed by atoms with E-state index < -0.39 is 8.25 Å². The van der Waals surface area contributed by atoms with Crippen LogP contribution in [0, 0.1) is 5.92 Å². The van der Waals surface area contributed by atoms with E-state index in [0.29, 0.717) is 0 Å². The van der Waals surface area contributed by atoms with E-state index in [1.807, 2.05) is 0 Å². The number of unbranched alkanes of at least 4 members (excludes halogenated alkanes) is 1. The van der Waals surface area contributed by atoms with Crippen LogP contribution >= 0.6 is 8.25 Å². The second-order valence-corrected chi connectivity index (χ2v) is 4.44. The number of hydrogen-bond acceptors (Lipinski definition) is 2. The maximum Gasteiger partial charge on any atom is 0.692 e. The second kappa shape index (κ2) is 12.1. The fraction of sp³-hybridized carbons (Fsp3) is 1.00. The van der Waals surface area contributed by atoms with Crippen LogP contribution in [-0.4, -0.2) is 35.3 Å². The van der Waals surface area contributed by atoms with Crippen molar-refractivity contribution in [2.75, 3.05) is 20.6 Å². The highest BCUT2D eigenvalue weighted by Gasteiger charge is 2.05. The predicted octanol–water partition coefficient (Wildman–Crippen LogP) is 2.39. The number of hydrogen-bond donors (Lipinski definition) is 2. The highest BCUT2D eigenvalue weighted by molar-refractivity contribution is 7.30. The number of nitrogens with zero attached hydrogens (tertiary/aromatic N) is 1. The Balaban J connectivity index is 0. The van der Waals surface area contributed by atoms with Gasteiger partial charge in [0.1, 0.15) is 0 Å². The molecule has 15 heavy (non-hydrogen) atoms. The minimum absolute atomic E-state index is 0.921. The van der Waals surface area contributed by atoms with Gasteiger partial charge < -0.3 is 4.90 Å². The van der Waals surface area contributed by atoms with Gasteiger partial charge >= 0.3 is 8.25 Å². The second-order valence-electron chi connectivity index (χ2n) is 3.93. The molecule has 0 rings (SSSR count). The summed E-state index contributed by atoms with van der Waals surface area (Å²) in [6.45, 7) is 5.82. The molecule has 1 atom stereocenters. The van der Waals surface area contributed by atoms with Crippen LogP contribution in [0.1, 0.15) is 39.5 Å². The molecule has 0 aliphatic rings. The highest BCUT2D eigenvalue weighted by Crippen LogP contribution is 2.12. The average Bonchev–Trinajstić information content (AvgIpc) is 2.10. The molecule has 0 aliphatic carbocycles. The Morgan fingerprint density at radius 3 is 2.00 bits per heavy atom. The van der Waals surface area contributed by atoms with Crippen LogP contribution < -0.4 is 0 Å². The van der Waals surface area contributed by atoms with Gasteiger partial charge in [0.05, 0.1) is 0 Å². The zero-order valence-corrected chi connectivity index (χ0v) is 11.2. The van der Waals surface area contributed by atoms with Gasteiger partial charge in [0.2, 0.25) is 0 Å². The summed E-state index contributed by atoms with van der Waals surface area (Å²) in [7, 11) is 1.45. The first-order valence-corrected chi connectivity index (χ1v) is 6.60. The zero-order valence-electron chi connectivity index (χ0n) is 10.3. The van der Waals surface area contributed by atoms with Gasteiger partial charge in [-0.1, -0.05) is 33.1 Å². The molecule has 0 aliphatic heterocycles. The van der Waals surface area contributed by atoms with Gasteiger partial charge in [-0.3, -0.25) is 0 Å². The van der Waals surface area contributed by atoms with Gasteiger partial charge in [0.15, 0.2) is 0 Å². The maximum atomic E-state index is 8.70. The Morgan fingerprint density at radius 2 is 1.73 bits per heavy atom. The van der Waals surface area contributed by atoms with Crippen molar-refractivity contribution in [1.29, 1.82) is 0 Å². The van der Waals surface area contributed by atoms with Crippen LogP contribution in [0.15, 0.2) is 0 Å². The summed E-state index contributed by atoms with van der Waals surface area (Å²) in [6, 6.07) is 0. The number of rotatable bonds is 6. The Kier molecular flexibility index (Phi) is 14.0. The van der Waals surface area contributed by atoms with Gasteiger partial charge in [-0.2, -0.15) is 0 Å². The van der Waals surface area contributed by atoms with E-state index in [4.69, 9.17) is 14.4 Å². The molecule has 0 amide bonds. The lowest BCUT2D eigenvalue weighted by Gasteiger charge is -2.18. The molecular weight excluding hydrogens is 213 g/mol. The Labute approximate surface area is 94.3 Å². The molecule has 0 saturated heterocycles. The third-order valence-electron chi connectivity index (χ3n) is 2.17. The molecule has 0 fully saturated rings. The van der Waals surface area contributed by atoms with E-state index in [2.05, 4.69) is 32.8 Å². The zero-order chi connectivity index (χ0) is 12.3.